The maximum absolute atomic E-state index is 12.0. The monoisotopic (exact) mass is 354 g/mol. The van der Waals surface area contributed by atoms with Crippen LogP contribution < -0.4 is 10.6 Å². The number of amides is 2. The molecular formula is C21H26N2O3. The Hall–Kier alpha value is -2.82. The topological polar surface area (TPSA) is 78.4 Å². The van der Waals surface area contributed by atoms with Crippen LogP contribution in [-0.4, -0.2) is 30.0 Å². The van der Waals surface area contributed by atoms with Gasteiger partial charge in [-0.1, -0.05) is 44.2 Å². The summed E-state index contributed by atoms with van der Waals surface area (Å²) >= 11 is 0. The number of phenols is 1. The van der Waals surface area contributed by atoms with E-state index in [0.29, 0.717) is 23.9 Å². The van der Waals surface area contributed by atoms with Crippen molar-refractivity contribution in [2.45, 2.75) is 20.3 Å². The molecule has 0 aromatic heterocycles. The summed E-state index contributed by atoms with van der Waals surface area (Å²) in [5, 5.41) is 14.7. The van der Waals surface area contributed by atoms with Gasteiger partial charge in [0, 0.05) is 12.1 Å². The molecule has 0 aliphatic carbocycles. The van der Waals surface area contributed by atoms with Crippen molar-refractivity contribution in [1.29, 1.82) is 0 Å². The molecule has 2 aromatic carbocycles. The number of hydrogen-bond acceptors (Lipinski definition) is 3. The molecule has 1 atom stereocenters. The highest BCUT2D eigenvalue weighted by Crippen LogP contribution is 2.16. The average Bonchev–Trinajstić information content (AvgIpc) is 2.64. The highest BCUT2D eigenvalue weighted by atomic mass is 16.3. The first kappa shape index (κ1) is 19.5. The van der Waals surface area contributed by atoms with Gasteiger partial charge in [0.05, 0.1) is 6.54 Å². The van der Waals surface area contributed by atoms with Gasteiger partial charge in [-0.05, 0) is 48.1 Å². The van der Waals surface area contributed by atoms with Crippen LogP contribution in [0, 0.1) is 11.8 Å². The van der Waals surface area contributed by atoms with Crippen molar-refractivity contribution in [3.05, 3.63) is 65.7 Å². The minimum atomic E-state index is -0.343. The Kier molecular flexibility index (Phi) is 7.21. The Labute approximate surface area is 154 Å². The molecule has 138 valence electrons. The van der Waals surface area contributed by atoms with Crippen LogP contribution in [0.5, 0.6) is 5.75 Å². The summed E-state index contributed by atoms with van der Waals surface area (Å²) in [6.45, 7) is 4.79. The predicted octanol–water partition coefficient (Wildman–Crippen LogP) is 2.75. The summed E-state index contributed by atoms with van der Waals surface area (Å²) in [7, 11) is 0. The maximum atomic E-state index is 12.0. The van der Waals surface area contributed by atoms with Crippen LogP contribution in [0.4, 0.5) is 0 Å². The molecule has 2 aromatic rings. The molecule has 0 heterocycles. The Morgan fingerprint density at radius 3 is 2.23 bits per heavy atom. The second-order valence-corrected chi connectivity index (χ2v) is 6.73. The second kappa shape index (κ2) is 9.61. The zero-order valence-corrected chi connectivity index (χ0v) is 15.2. The number of nitrogens with one attached hydrogen (secondary N) is 2. The van der Waals surface area contributed by atoms with Gasteiger partial charge in [0.2, 0.25) is 5.91 Å². The summed E-state index contributed by atoms with van der Waals surface area (Å²) in [5.74, 6) is 0.300. The molecule has 26 heavy (non-hydrogen) atoms. The standard InChI is InChI=1S/C21H26N2O3/c1-15(2)18(12-16-6-4-3-5-7-16)13-22-20(25)14-23-21(26)17-8-10-19(24)11-9-17/h3-11,15,18,24H,12-14H2,1-2H3,(H,22,25)(H,23,26)/t18-/m1/s1. The lowest BCUT2D eigenvalue weighted by Gasteiger charge is -2.21. The second-order valence-electron chi connectivity index (χ2n) is 6.73. The van der Waals surface area contributed by atoms with Crippen molar-refractivity contribution >= 4 is 11.8 Å². The van der Waals surface area contributed by atoms with E-state index in [1.165, 1.54) is 29.8 Å². The molecule has 5 nitrogen and oxygen atoms in total. The fraction of sp³-hybridized carbons (Fsp3) is 0.333. The van der Waals surface area contributed by atoms with Crippen LogP contribution in [-0.2, 0) is 11.2 Å². The molecule has 0 bridgehead atoms. The lowest BCUT2D eigenvalue weighted by molar-refractivity contribution is -0.120. The number of carbonyl (C=O) groups is 2. The molecule has 0 saturated carbocycles. The molecule has 0 radical (unpaired) electrons. The van der Waals surface area contributed by atoms with E-state index < -0.39 is 0 Å². The summed E-state index contributed by atoms with van der Waals surface area (Å²) in [5.41, 5.74) is 1.65. The van der Waals surface area contributed by atoms with Gasteiger partial charge < -0.3 is 15.7 Å². The minimum Gasteiger partial charge on any atom is -0.508 e. The lowest BCUT2D eigenvalue weighted by atomic mass is 9.89. The zero-order valence-electron chi connectivity index (χ0n) is 15.2. The van der Waals surface area contributed by atoms with Crippen molar-refractivity contribution < 1.29 is 14.7 Å². The van der Waals surface area contributed by atoms with Gasteiger partial charge in [0.15, 0.2) is 0 Å². The molecule has 3 N–H and O–H groups in total. The fourth-order valence-corrected chi connectivity index (χ4v) is 2.64. The lowest BCUT2D eigenvalue weighted by Crippen LogP contribution is -2.40. The van der Waals surface area contributed by atoms with Gasteiger partial charge in [-0.15, -0.1) is 0 Å². The largest absolute Gasteiger partial charge is 0.508 e. The van der Waals surface area contributed by atoms with Crippen LogP contribution >= 0.6 is 0 Å². The van der Waals surface area contributed by atoms with E-state index >= 15 is 0 Å². The van der Waals surface area contributed by atoms with Gasteiger partial charge in [-0.3, -0.25) is 9.59 Å². The number of rotatable bonds is 8. The van der Waals surface area contributed by atoms with Crippen LogP contribution in [0.15, 0.2) is 54.6 Å². The van der Waals surface area contributed by atoms with E-state index in [9.17, 15) is 14.7 Å². The van der Waals surface area contributed by atoms with E-state index in [2.05, 4.69) is 36.6 Å². The summed E-state index contributed by atoms with van der Waals surface area (Å²) in [6, 6.07) is 16.1. The number of aromatic hydroxyl groups is 1. The maximum Gasteiger partial charge on any atom is 0.251 e. The van der Waals surface area contributed by atoms with Crippen LogP contribution in [0.3, 0.4) is 0 Å². The molecule has 2 rings (SSSR count). The van der Waals surface area contributed by atoms with Gasteiger partial charge >= 0.3 is 0 Å². The number of hydrogen-bond donors (Lipinski definition) is 3. The zero-order chi connectivity index (χ0) is 18.9. The first-order chi connectivity index (χ1) is 12.5. The van der Waals surface area contributed by atoms with Gasteiger partial charge in [0.1, 0.15) is 5.75 Å². The normalized spacial score (nSPS) is 11.8. The summed E-state index contributed by atoms with van der Waals surface area (Å²) < 4.78 is 0. The van der Waals surface area contributed by atoms with Gasteiger partial charge in [0.25, 0.3) is 5.91 Å². The fourth-order valence-electron chi connectivity index (χ4n) is 2.64. The number of carbonyl (C=O) groups excluding carboxylic acids is 2. The number of benzene rings is 2. The number of phenolic OH excluding ortho intramolecular Hbond substituents is 1. The van der Waals surface area contributed by atoms with Gasteiger partial charge in [-0.2, -0.15) is 0 Å². The van der Waals surface area contributed by atoms with E-state index in [1.54, 1.807) is 0 Å². The first-order valence-corrected chi connectivity index (χ1v) is 8.83. The Morgan fingerprint density at radius 1 is 0.962 bits per heavy atom. The Bertz CT molecular complexity index is 712. The highest BCUT2D eigenvalue weighted by Gasteiger charge is 2.16. The minimum absolute atomic E-state index is 0.0735. The molecule has 0 aliphatic rings. The third kappa shape index (κ3) is 6.24. The van der Waals surface area contributed by atoms with Crippen molar-refractivity contribution in [3.8, 4) is 5.75 Å². The van der Waals surface area contributed by atoms with Crippen molar-refractivity contribution in [2.24, 2.45) is 11.8 Å². The third-order valence-electron chi connectivity index (χ3n) is 4.38. The van der Waals surface area contributed by atoms with Crippen LogP contribution in [0.1, 0.15) is 29.8 Å². The smallest absolute Gasteiger partial charge is 0.251 e. The molecule has 0 spiro atoms. The Balaban J connectivity index is 1.78. The van der Waals surface area contributed by atoms with E-state index in [4.69, 9.17) is 0 Å². The summed E-state index contributed by atoms with van der Waals surface area (Å²) in [6.07, 6.45) is 0.901. The molecular weight excluding hydrogens is 328 g/mol. The van der Waals surface area contributed by atoms with E-state index in [1.807, 2.05) is 18.2 Å². The average molecular weight is 354 g/mol. The molecule has 5 heteroatoms. The summed E-state index contributed by atoms with van der Waals surface area (Å²) in [4.78, 5) is 24.0. The molecule has 0 fully saturated rings. The predicted molar refractivity (Wildman–Crippen MR) is 102 cm³/mol. The first-order valence-electron chi connectivity index (χ1n) is 8.83. The van der Waals surface area contributed by atoms with Crippen molar-refractivity contribution in [1.82, 2.24) is 10.6 Å². The highest BCUT2D eigenvalue weighted by molar-refractivity contribution is 5.96. The third-order valence-corrected chi connectivity index (χ3v) is 4.38. The SMILES string of the molecule is CC(C)[C@@H](CNC(=O)CNC(=O)c1ccc(O)cc1)Cc1ccccc1. The van der Waals surface area contributed by atoms with E-state index in [-0.39, 0.29) is 24.1 Å². The van der Waals surface area contributed by atoms with Crippen LogP contribution in [0.2, 0.25) is 0 Å². The van der Waals surface area contributed by atoms with E-state index in [0.717, 1.165) is 6.42 Å². The quantitative estimate of drug-likeness (QED) is 0.682. The molecule has 0 aliphatic heterocycles. The van der Waals surface area contributed by atoms with Crippen molar-refractivity contribution in [2.75, 3.05) is 13.1 Å². The Morgan fingerprint density at radius 2 is 1.62 bits per heavy atom. The molecule has 0 saturated heterocycles. The van der Waals surface area contributed by atoms with Crippen molar-refractivity contribution in [3.63, 3.8) is 0 Å². The molecule has 0 unspecified atom stereocenters. The van der Waals surface area contributed by atoms with Crippen LogP contribution in [0.25, 0.3) is 0 Å². The molecule has 2 amide bonds. The van der Waals surface area contributed by atoms with Gasteiger partial charge in [-0.25, -0.2) is 0 Å².